The molecule has 0 amide bonds. The normalized spacial score (nSPS) is 36.4. The van der Waals surface area contributed by atoms with Crippen LogP contribution in [0.3, 0.4) is 0 Å². The lowest BCUT2D eigenvalue weighted by atomic mass is 9.71. The highest BCUT2D eigenvalue weighted by Crippen LogP contribution is 2.39. The van der Waals surface area contributed by atoms with E-state index >= 15 is 0 Å². The molecule has 2 N–H and O–H groups in total. The average Bonchev–Trinajstić information content (AvgIpc) is 1.94. The van der Waals surface area contributed by atoms with Crippen LogP contribution in [-0.2, 0) is 0 Å². The van der Waals surface area contributed by atoms with Crippen LogP contribution in [-0.4, -0.2) is 6.04 Å². The van der Waals surface area contributed by atoms with E-state index in [1.54, 1.807) is 0 Å². The molecule has 1 heteroatoms. The zero-order valence-corrected chi connectivity index (χ0v) is 8.40. The third kappa shape index (κ3) is 2.63. The van der Waals surface area contributed by atoms with E-state index in [-0.39, 0.29) is 0 Å². The third-order valence-corrected chi connectivity index (χ3v) is 2.97. The zero-order chi connectivity index (χ0) is 9.19. The Hall–Kier alpha value is -0.300. The summed E-state index contributed by atoms with van der Waals surface area (Å²) in [6.07, 6.45) is 6.13. The summed E-state index contributed by atoms with van der Waals surface area (Å²) in [7, 11) is 0. The summed E-state index contributed by atoms with van der Waals surface area (Å²) in [6, 6.07) is 0.461. The van der Waals surface area contributed by atoms with Gasteiger partial charge in [-0.25, -0.2) is 0 Å². The van der Waals surface area contributed by atoms with Crippen LogP contribution in [0, 0.1) is 5.41 Å². The second-order valence-corrected chi connectivity index (χ2v) is 4.78. The Labute approximate surface area is 76.0 Å². The predicted molar refractivity (Wildman–Crippen MR) is 54.0 cm³/mol. The average molecular weight is 167 g/mol. The molecular formula is C11H21N. The van der Waals surface area contributed by atoms with Crippen molar-refractivity contribution in [2.24, 2.45) is 11.1 Å². The van der Waals surface area contributed by atoms with Gasteiger partial charge in [0.25, 0.3) is 0 Å². The molecule has 0 aliphatic heterocycles. The Bertz CT molecular complexity index is 164. The Morgan fingerprint density at radius 3 is 2.42 bits per heavy atom. The van der Waals surface area contributed by atoms with Crippen LogP contribution in [0.2, 0.25) is 0 Å². The van der Waals surface area contributed by atoms with Gasteiger partial charge in [0.1, 0.15) is 0 Å². The molecule has 70 valence electrons. The second kappa shape index (κ2) is 3.61. The minimum Gasteiger partial charge on any atom is -0.328 e. The van der Waals surface area contributed by atoms with Gasteiger partial charge in [0.15, 0.2) is 0 Å². The van der Waals surface area contributed by atoms with Gasteiger partial charge in [-0.3, -0.25) is 0 Å². The minimum absolute atomic E-state index is 0.461. The Balaban J connectivity index is 2.44. The first-order chi connectivity index (χ1) is 5.52. The maximum Gasteiger partial charge on any atom is 0.00392 e. The van der Waals surface area contributed by atoms with E-state index in [1.165, 1.54) is 37.7 Å². The van der Waals surface area contributed by atoms with E-state index in [0.717, 1.165) is 0 Å². The molecule has 0 aromatic carbocycles. The SMILES string of the molecule is C=C(C)CC1(C)CCC(N)CC1. The van der Waals surface area contributed by atoms with Crippen LogP contribution >= 0.6 is 0 Å². The van der Waals surface area contributed by atoms with Gasteiger partial charge in [-0.2, -0.15) is 0 Å². The van der Waals surface area contributed by atoms with Crippen LogP contribution in [0.15, 0.2) is 12.2 Å². The maximum atomic E-state index is 5.86. The summed E-state index contributed by atoms with van der Waals surface area (Å²) in [5, 5.41) is 0. The maximum absolute atomic E-state index is 5.86. The molecule has 0 saturated heterocycles. The van der Waals surface area contributed by atoms with Gasteiger partial charge in [0, 0.05) is 6.04 Å². The number of rotatable bonds is 2. The van der Waals surface area contributed by atoms with Crippen molar-refractivity contribution in [2.75, 3.05) is 0 Å². The molecule has 1 aliphatic rings. The summed E-state index contributed by atoms with van der Waals surface area (Å²) < 4.78 is 0. The minimum atomic E-state index is 0.461. The van der Waals surface area contributed by atoms with Crippen LogP contribution in [0.4, 0.5) is 0 Å². The molecule has 12 heavy (non-hydrogen) atoms. The van der Waals surface area contributed by atoms with Gasteiger partial charge in [0.2, 0.25) is 0 Å². The predicted octanol–water partition coefficient (Wildman–Crippen LogP) is 2.86. The molecular weight excluding hydrogens is 146 g/mol. The molecule has 0 bridgehead atoms. The van der Waals surface area contributed by atoms with Crippen molar-refractivity contribution in [1.29, 1.82) is 0 Å². The van der Waals surface area contributed by atoms with E-state index in [0.29, 0.717) is 11.5 Å². The van der Waals surface area contributed by atoms with Gasteiger partial charge >= 0.3 is 0 Å². The third-order valence-electron chi connectivity index (χ3n) is 2.97. The number of hydrogen-bond donors (Lipinski definition) is 1. The van der Waals surface area contributed by atoms with Gasteiger partial charge in [0.05, 0.1) is 0 Å². The molecule has 1 nitrogen and oxygen atoms in total. The van der Waals surface area contributed by atoms with E-state index in [1.807, 2.05) is 0 Å². The van der Waals surface area contributed by atoms with Crippen molar-refractivity contribution >= 4 is 0 Å². The zero-order valence-electron chi connectivity index (χ0n) is 8.40. The fraction of sp³-hybridized carbons (Fsp3) is 0.818. The molecule has 0 radical (unpaired) electrons. The van der Waals surface area contributed by atoms with Crippen molar-refractivity contribution in [1.82, 2.24) is 0 Å². The van der Waals surface area contributed by atoms with Crippen molar-refractivity contribution in [3.05, 3.63) is 12.2 Å². The Kier molecular flexibility index (Phi) is 2.94. The molecule has 0 spiro atoms. The first-order valence-electron chi connectivity index (χ1n) is 4.92. The van der Waals surface area contributed by atoms with Crippen molar-refractivity contribution in [3.8, 4) is 0 Å². The van der Waals surface area contributed by atoms with E-state index in [2.05, 4.69) is 20.4 Å². The summed E-state index contributed by atoms with van der Waals surface area (Å²) >= 11 is 0. The molecule has 1 fully saturated rings. The molecule has 1 aliphatic carbocycles. The fourth-order valence-electron chi connectivity index (χ4n) is 2.24. The Morgan fingerprint density at radius 2 is 2.00 bits per heavy atom. The number of hydrogen-bond acceptors (Lipinski definition) is 1. The molecule has 0 aromatic rings. The van der Waals surface area contributed by atoms with Gasteiger partial charge < -0.3 is 5.73 Å². The molecule has 1 saturated carbocycles. The lowest BCUT2D eigenvalue weighted by Crippen LogP contribution is -2.32. The molecule has 0 unspecified atom stereocenters. The lowest BCUT2D eigenvalue weighted by molar-refractivity contribution is 0.198. The smallest absolute Gasteiger partial charge is 0.00392 e. The van der Waals surface area contributed by atoms with E-state index in [4.69, 9.17) is 5.73 Å². The van der Waals surface area contributed by atoms with Crippen LogP contribution < -0.4 is 5.73 Å². The first kappa shape index (κ1) is 9.79. The van der Waals surface area contributed by atoms with Crippen molar-refractivity contribution in [2.45, 2.75) is 52.0 Å². The van der Waals surface area contributed by atoms with Gasteiger partial charge in [-0.15, -0.1) is 6.58 Å². The quantitative estimate of drug-likeness (QED) is 0.629. The standard InChI is InChI=1S/C11H21N/c1-9(2)8-11(3)6-4-10(12)5-7-11/h10H,1,4-8,12H2,2-3H3. The summed E-state index contributed by atoms with van der Waals surface area (Å²) in [6.45, 7) is 8.48. The Morgan fingerprint density at radius 1 is 1.50 bits per heavy atom. The fourth-order valence-corrected chi connectivity index (χ4v) is 2.24. The number of allylic oxidation sites excluding steroid dienone is 1. The van der Waals surface area contributed by atoms with Crippen LogP contribution in [0.25, 0.3) is 0 Å². The van der Waals surface area contributed by atoms with E-state index < -0.39 is 0 Å². The van der Waals surface area contributed by atoms with Gasteiger partial charge in [-0.1, -0.05) is 12.5 Å². The van der Waals surface area contributed by atoms with Gasteiger partial charge in [-0.05, 0) is 44.4 Å². The summed E-state index contributed by atoms with van der Waals surface area (Å²) in [5.74, 6) is 0. The van der Waals surface area contributed by atoms with Crippen molar-refractivity contribution < 1.29 is 0 Å². The van der Waals surface area contributed by atoms with Crippen LogP contribution in [0.5, 0.6) is 0 Å². The molecule has 0 heterocycles. The largest absolute Gasteiger partial charge is 0.328 e. The highest BCUT2D eigenvalue weighted by atomic mass is 14.6. The lowest BCUT2D eigenvalue weighted by Gasteiger charge is -2.36. The van der Waals surface area contributed by atoms with E-state index in [9.17, 15) is 0 Å². The van der Waals surface area contributed by atoms with Crippen LogP contribution in [0.1, 0.15) is 46.0 Å². The molecule has 1 rings (SSSR count). The second-order valence-electron chi connectivity index (χ2n) is 4.78. The summed E-state index contributed by atoms with van der Waals surface area (Å²) in [4.78, 5) is 0. The topological polar surface area (TPSA) is 26.0 Å². The number of nitrogens with two attached hydrogens (primary N) is 1. The molecule has 0 aromatic heterocycles. The highest BCUT2D eigenvalue weighted by molar-refractivity contribution is 4.97. The summed E-state index contributed by atoms with van der Waals surface area (Å²) in [5.41, 5.74) is 7.68. The molecule has 0 atom stereocenters. The first-order valence-corrected chi connectivity index (χ1v) is 4.92. The highest BCUT2D eigenvalue weighted by Gasteiger charge is 2.29. The monoisotopic (exact) mass is 167 g/mol. The van der Waals surface area contributed by atoms with Crippen molar-refractivity contribution in [3.63, 3.8) is 0 Å².